The highest BCUT2D eigenvalue weighted by Crippen LogP contribution is 2.31. The number of nitrogens with zero attached hydrogens (tertiary/aromatic N) is 3. The molecule has 1 fully saturated rings. The van der Waals surface area contributed by atoms with Gasteiger partial charge in [-0.25, -0.2) is 9.97 Å². The fourth-order valence-corrected chi connectivity index (χ4v) is 1.72. The van der Waals surface area contributed by atoms with Crippen molar-refractivity contribution >= 4 is 11.6 Å². The van der Waals surface area contributed by atoms with Crippen molar-refractivity contribution in [2.24, 2.45) is 5.92 Å². The van der Waals surface area contributed by atoms with Crippen molar-refractivity contribution < 1.29 is 0 Å². The Bertz CT molecular complexity index is 322. The molecule has 1 saturated carbocycles. The monoisotopic (exact) mass is 206 g/mol. The highest BCUT2D eigenvalue weighted by atomic mass is 15.2. The summed E-state index contributed by atoms with van der Waals surface area (Å²) in [5.74, 6) is 2.39. The van der Waals surface area contributed by atoms with Crippen LogP contribution in [0.25, 0.3) is 0 Å². The number of nitrogens with two attached hydrogens (primary N) is 1. The lowest BCUT2D eigenvalue weighted by atomic mass is 10.3. The maximum Gasteiger partial charge on any atom is 0.134 e. The molecule has 0 bridgehead atoms. The largest absolute Gasteiger partial charge is 0.384 e. The van der Waals surface area contributed by atoms with Crippen LogP contribution in [-0.2, 0) is 0 Å². The standard InChI is InChI=1S/C11H18N4/c1-2-5-15(7-9-3-4-9)11-6-10(12)13-8-14-11/h6,8-9H,2-5,7H2,1H3,(H2,12,13,14). The molecule has 2 N–H and O–H groups in total. The van der Waals surface area contributed by atoms with E-state index in [4.69, 9.17) is 5.73 Å². The minimum atomic E-state index is 0.553. The van der Waals surface area contributed by atoms with Crippen LogP contribution in [0.3, 0.4) is 0 Å². The van der Waals surface area contributed by atoms with Crippen LogP contribution in [0, 0.1) is 5.92 Å². The molecule has 1 aliphatic carbocycles. The van der Waals surface area contributed by atoms with Gasteiger partial charge in [-0.1, -0.05) is 6.92 Å². The summed E-state index contributed by atoms with van der Waals surface area (Å²) in [5.41, 5.74) is 5.66. The topological polar surface area (TPSA) is 55.0 Å². The fraction of sp³-hybridized carbons (Fsp3) is 0.636. The van der Waals surface area contributed by atoms with Crippen LogP contribution in [0.1, 0.15) is 26.2 Å². The van der Waals surface area contributed by atoms with Gasteiger partial charge < -0.3 is 10.6 Å². The number of aromatic nitrogens is 2. The predicted octanol–water partition coefficient (Wildman–Crippen LogP) is 1.69. The number of rotatable bonds is 5. The van der Waals surface area contributed by atoms with Crippen LogP contribution >= 0.6 is 0 Å². The zero-order valence-corrected chi connectivity index (χ0v) is 9.19. The summed E-state index contributed by atoms with van der Waals surface area (Å²) in [7, 11) is 0. The van der Waals surface area contributed by atoms with Gasteiger partial charge in [0.25, 0.3) is 0 Å². The van der Waals surface area contributed by atoms with Crippen LogP contribution in [0.15, 0.2) is 12.4 Å². The lowest BCUT2D eigenvalue weighted by Gasteiger charge is -2.22. The Labute approximate surface area is 90.5 Å². The van der Waals surface area contributed by atoms with E-state index in [1.54, 1.807) is 6.33 Å². The lowest BCUT2D eigenvalue weighted by Crippen LogP contribution is -2.27. The molecule has 0 unspecified atom stereocenters. The van der Waals surface area contributed by atoms with E-state index >= 15 is 0 Å². The number of hydrogen-bond donors (Lipinski definition) is 1. The summed E-state index contributed by atoms with van der Waals surface area (Å²) >= 11 is 0. The van der Waals surface area contributed by atoms with E-state index in [9.17, 15) is 0 Å². The Morgan fingerprint density at radius 2 is 2.27 bits per heavy atom. The Hall–Kier alpha value is -1.32. The van der Waals surface area contributed by atoms with E-state index in [1.807, 2.05) is 6.07 Å². The molecule has 4 nitrogen and oxygen atoms in total. The Morgan fingerprint density at radius 1 is 1.47 bits per heavy atom. The van der Waals surface area contributed by atoms with Crippen molar-refractivity contribution in [2.45, 2.75) is 26.2 Å². The molecule has 1 aromatic rings. The average molecular weight is 206 g/mol. The normalized spacial score (nSPS) is 15.3. The maximum absolute atomic E-state index is 5.66. The number of anilines is 2. The lowest BCUT2D eigenvalue weighted by molar-refractivity contribution is 0.698. The second kappa shape index (κ2) is 4.47. The van der Waals surface area contributed by atoms with Crippen molar-refractivity contribution in [3.8, 4) is 0 Å². The first kappa shape index (κ1) is 10.2. The third-order valence-corrected chi connectivity index (χ3v) is 2.67. The van der Waals surface area contributed by atoms with Gasteiger partial charge in [-0.15, -0.1) is 0 Å². The second-order valence-corrected chi connectivity index (χ2v) is 4.19. The summed E-state index contributed by atoms with van der Waals surface area (Å²) < 4.78 is 0. The van der Waals surface area contributed by atoms with Gasteiger partial charge in [0, 0.05) is 19.2 Å². The van der Waals surface area contributed by atoms with Gasteiger partial charge in [0.1, 0.15) is 18.0 Å². The molecule has 0 aromatic carbocycles. The molecular formula is C11H18N4. The molecule has 4 heteroatoms. The van der Waals surface area contributed by atoms with Gasteiger partial charge in [0.15, 0.2) is 0 Å². The Balaban J connectivity index is 2.07. The molecule has 0 atom stereocenters. The number of hydrogen-bond acceptors (Lipinski definition) is 4. The molecule has 1 heterocycles. The summed E-state index contributed by atoms with van der Waals surface area (Å²) in [6, 6.07) is 1.86. The van der Waals surface area contributed by atoms with Crippen molar-refractivity contribution in [1.82, 2.24) is 9.97 Å². The van der Waals surface area contributed by atoms with Crippen LogP contribution in [0.5, 0.6) is 0 Å². The Kier molecular flexibility index (Phi) is 3.04. The first-order chi connectivity index (χ1) is 7.29. The molecule has 1 aliphatic rings. The molecule has 15 heavy (non-hydrogen) atoms. The summed E-state index contributed by atoms with van der Waals surface area (Å²) in [5, 5.41) is 0. The molecule has 82 valence electrons. The van der Waals surface area contributed by atoms with Crippen molar-refractivity contribution in [1.29, 1.82) is 0 Å². The van der Waals surface area contributed by atoms with Gasteiger partial charge in [-0.2, -0.15) is 0 Å². The third-order valence-electron chi connectivity index (χ3n) is 2.67. The summed E-state index contributed by atoms with van der Waals surface area (Å²) in [4.78, 5) is 10.5. The van der Waals surface area contributed by atoms with E-state index in [0.717, 1.165) is 31.2 Å². The van der Waals surface area contributed by atoms with Crippen LogP contribution in [0.4, 0.5) is 11.6 Å². The van der Waals surface area contributed by atoms with Crippen LogP contribution in [0.2, 0.25) is 0 Å². The van der Waals surface area contributed by atoms with Gasteiger partial charge in [0.05, 0.1) is 0 Å². The van der Waals surface area contributed by atoms with E-state index in [-0.39, 0.29) is 0 Å². The number of nitrogen functional groups attached to an aromatic ring is 1. The molecular weight excluding hydrogens is 188 g/mol. The molecule has 0 saturated heterocycles. The Morgan fingerprint density at radius 3 is 2.87 bits per heavy atom. The van der Waals surface area contributed by atoms with Crippen LogP contribution < -0.4 is 10.6 Å². The van der Waals surface area contributed by atoms with E-state index < -0.39 is 0 Å². The zero-order valence-electron chi connectivity index (χ0n) is 9.19. The van der Waals surface area contributed by atoms with Crippen LogP contribution in [-0.4, -0.2) is 23.1 Å². The average Bonchev–Trinajstić information content (AvgIpc) is 3.01. The minimum absolute atomic E-state index is 0.553. The van der Waals surface area contributed by atoms with Gasteiger partial charge in [0.2, 0.25) is 0 Å². The van der Waals surface area contributed by atoms with Gasteiger partial charge >= 0.3 is 0 Å². The quantitative estimate of drug-likeness (QED) is 0.796. The second-order valence-electron chi connectivity index (χ2n) is 4.19. The predicted molar refractivity (Wildman–Crippen MR) is 61.7 cm³/mol. The van der Waals surface area contributed by atoms with Crippen molar-refractivity contribution in [3.05, 3.63) is 12.4 Å². The SMILES string of the molecule is CCCN(CC1CC1)c1cc(N)ncn1. The molecule has 0 aliphatic heterocycles. The van der Waals surface area contributed by atoms with Crippen molar-refractivity contribution in [2.75, 3.05) is 23.7 Å². The van der Waals surface area contributed by atoms with E-state index in [1.165, 1.54) is 12.8 Å². The first-order valence-corrected chi connectivity index (χ1v) is 5.62. The first-order valence-electron chi connectivity index (χ1n) is 5.62. The van der Waals surface area contributed by atoms with E-state index in [0.29, 0.717) is 5.82 Å². The summed E-state index contributed by atoms with van der Waals surface area (Å²) in [6.07, 6.45) is 5.40. The fourth-order valence-electron chi connectivity index (χ4n) is 1.72. The minimum Gasteiger partial charge on any atom is -0.384 e. The molecule has 1 aromatic heterocycles. The molecule has 0 spiro atoms. The van der Waals surface area contributed by atoms with E-state index in [2.05, 4.69) is 21.8 Å². The van der Waals surface area contributed by atoms with Crippen molar-refractivity contribution in [3.63, 3.8) is 0 Å². The third kappa shape index (κ3) is 2.81. The summed E-state index contributed by atoms with van der Waals surface area (Å²) in [6.45, 7) is 4.35. The smallest absolute Gasteiger partial charge is 0.134 e. The highest BCUT2D eigenvalue weighted by molar-refractivity contribution is 5.45. The van der Waals surface area contributed by atoms with Gasteiger partial charge in [-0.05, 0) is 25.2 Å². The zero-order chi connectivity index (χ0) is 10.7. The molecule has 0 amide bonds. The maximum atomic E-state index is 5.66. The molecule has 0 radical (unpaired) electrons. The van der Waals surface area contributed by atoms with Gasteiger partial charge in [-0.3, -0.25) is 0 Å². The highest BCUT2D eigenvalue weighted by Gasteiger charge is 2.24. The molecule has 2 rings (SSSR count).